The van der Waals surface area contributed by atoms with Crippen LogP contribution in [0.25, 0.3) is 0 Å². The minimum absolute atomic E-state index is 0.0460. The number of imidazole rings is 1. The van der Waals surface area contributed by atoms with Crippen LogP contribution in [-0.4, -0.2) is 71.2 Å². The SMILES string of the molecule is COCCN(C)CC(=O)N1Cc2[nH]cnc2C(c2cccc(O)c2)C1. The molecule has 7 heteroatoms. The van der Waals surface area contributed by atoms with E-state index in [0.717, 1.165) is 17.0 Å². The number of benzene rings is 1. The molecule has 1 aromatic heterocycles. The highest BCUT2D eigenvalue weighted by atomic mass is 16.5. The second-order valence-electron chi connectivity index (χ2n) is 6.42. The van der Waals surface area contributed by atoms with E-state index in [-0.39, 0.29) is 17.6 Å². The summed E-state index contributed by atoms with van der Waals surface area (Å²) in [6.45, 7) is 2.74. The number of fused-ring (bicyclic) bond motifs is 1. The molecule has 2 heterocycles. The number of aromatic amines is 1. The molecule has 0 saturated carbocycles. The van der Waals surface area contributed by atoms with Crippen LogP contribution in [0.1, 0.15) is 22.9 Å². The Kier molecular flexibility index (Phi) is 5.35. The lowest BCUT2D eigenvalue weighted by Gasteiger charge is -2.33. The van der Waals surface area contributed by atoms with Crippen molar-refractivity contribution in [3.05, 3.63) is 47.5 Å². The zero-order valence-corrected chi connectivity index (χ0v) is 14.6. The number of rotatable bonds is 6. The Hall–Kier alpha value is -2.38. The second kappa shape index (κ2) is 7.67. The van der Waals surface area contributed by atoms with E-state index in [2.05, 4.69) is 9.97 Å². The van der Waals surface area contributed by atoms with E-state index in [1.807, 2.05) is 29.0 Å². The molecular formula is C18H24N4O3. The maximum atomic E-state index is 12.7. The van der Waals surface area contributed by atoms with Crippen molar-refractivity contribution in [1.29, 1.82) is 0 Å². The van der Waals surface area contributed by atoms with E-state index >= 15 is 0 Å². The fraction of sp³-hybridized carbons (Fsp3) is 0.444. The number of methoxy groups -OCH3 is 1. The highest BCUT2D eigenvalue weighted by Gasteiger charge is 2.31. The molecule has 1 unspecified atom stereocenters. The summed E-state index contributed by atoms with van der Waals surface area (Å²) in [6, 6.07) is 7.16. The zero-order chi connectivity index (χ0) is 17.8. The number of carbonyl (C=O) groups excluding carboxylic acids is 1. The molecule has 7 nitrogen and oxygen atoms in total. The quantitative estimate of drug-likeness (QED) is 0.822. The first-order valence-corrected chi connectivity index (χ1v) is 8.34. The van der Waals surface area contributed by atoms with Gasteiger partial charge >= 0.3 is 0 Å². The van der Waals surface area contributed by atoms with E-state index in [1.54, 1.807) is 25.6 Å². The number of phenols is 1. The first-order valence-electron chi connectivity index (χ1n) is 8.34. The first-order chi connectivity index (χ1) is 12.1. The van der Waals surface area contributed by atoms with Gasteiger partial charge in [0.15, 0.2) is 0 Å². The standard InChI is InChI=1S/C18H24N4O3/c1-21(6-7-25-2)11-17(24)22-9-15(13-4-3-5-14(23)8-13)18-16(10-22)19-12-20-18/h3-5,8,12,15,23H,6-7,9-11H2,1-2H3,(H,19,20). The largest absolute Gasteiger partial charge is 0.508 e. The number of hydrogen-bond acceptors (Lipinski definition) is 5. The van der Waals surface area contributed by atoms with Gasteiger partial charge < -0.3 is 19.7 Å². The predicted octanol–water partition coefficient (Wildman–Crippen LogP) is 1.17. The fourth-order valence-electron chi connectivity index (χ4n) is 3.17. The molecule has 0 spiro atoms. The Morgan fingerprint density at radius 2 is 2.36 bits per heavy atom. The molecule has 2 aromatic rings. The number of carbonyl (C=O) groups is 1. The van der Waals surface area contributed by atoms with Crippen LogP contribution < -0.4 is 0 Å². The van der Waals surface area contributed by atoms with Gasteiger partial charge in [-0.15, -0.1) is 0 Å². The molecule has 1 atom stereocenters. The summed E-state index contributed by atoms with van der Waals surface area (Å²) in [6.07, 6.45) is 1.67. The Morgan fingerprint density at radius 3 is 3.12 bits per heavy atom. The lowest BCUT2D eigenvalue weighted by Crippen LogP contribution is -2.43. The average molecular weight is 344 g/mol. The summed E-state index contributed by atoms with van der Waals surface area (Å²) in [5, 5.41) is 9.79. The average Bonchev–Trinajstić information content (AvgIpc) is 3.07. The van der Waals surface area contributed by atoms with E-state index in [0.29, 0.717) is 32.8 Å². The van der Waals surface area contributed by atoms with Crippen molar-refractivity contribution in [3.8, 4) is 5.75 Å². The molecule has 1 aliphatic rings. The second-order valence-corrected chi connectivity index (χ2v) is 6.42. The van der Waals surface area contributed by atoms with Crippen LogP contribution in [0.4, 0.5) is 0 Å². The van der Waals surface area contributed by atoms with Crippen LogP contribution in [0, 0.1) is 0 Å². The lowest BCUT2D eigenvalue weighted by molar-refractivity contribution is -0.133. The maximum Gasteiger partial charge on any atom is 0.237 e. The van der Waals surface area contributed by atoms with Crippen LogP contribution in [0.2, 0.25) is 0 Å². The Labute approximate surface area is 147 Å². The number of likely N-dealkylation sites (N-methyl/N-ethyl adjacent to an activating group) is 1. The molecule has 25 heavy (non-hydrogen) atoms. The van der Waals surface area contributed by atoms with E-state index in [1.165, 1.54) is 0 Å². The number of nitrogens with one attached hydrogen (secondary N) is 1. The highest BCUT2D eigenvalue weighted by Crippen LogP contribution is 2.32. The number of aromatic nitrogens is 2. The van der Waals surface area contributed by atoms with Gasteiger partial charge in [-0.2, -0.15) is 0 Å². The van der Waals surface area contributed by atoms with Crippen molar-refractivity contribution in [2.75, 3.05) is 40.4 Å². The third-order valence-electron chi connectivity index (χ3n) is 4.54. The number of H-pyrrole nitrogens is 1. The fourth-order valence-corrected chi connectivity index (χ4v) is 3.17. The molecule has 0 bridgehead atoms. The molecule has 0 radical (unpaired) electrons. The van der Waals surface area contributed by atoms with Gasteiger partial charge in [-0.3, -0.25) is 9.69 Å². The van der Waals surface area contributed by atoms with Gasteiger partial charge in [-0.05, 0) is 24.7 Å². The summed E-state index contributed by atoms with van der Waals surface area (Å²) in [7, 11) is 3.56. The highest BCUT2D eigenvalue weighted by molar-refractivity contribution is 5.78. The molecular weight excluding hydrogens is 320 g/mol. The van der Waals surface area contributed by atoms with Gasteiger partial charge in [0.25, 0.3) is 0 Å². The minimum Gasteiger partial charge on any atom is -0.508 e. The lowest BCUT2D eigenvalue weighted by atomic mass is 9.90. The van der Waals surface area contributed by atoms with Gasteiger partial charge in [-0.1, -0.05) is 12.1 Å². The number of hydrogen-bond donors (Lipinski definition) is 2. The van der Waals surface area contributed by atoms with Gasteiger partial charge in [-0.25, -0.2) is 4.98 Å². The predicted molar refractivity (Wildman–Crippen MR) is 93.3 cm³/mol. The third-order valence-corrected chi connectivity index (χ3v) is 4.54. The van der Waals surface area contributed by atoms with Crippen molar-refractivity contribution in [3.63, 3.8) is 0 Å². The number of phenolic OH excluding ortho intramolecular Hbond substituents is 1. The molecule has 0 fully saturated rings. The molecule has 0 aliphatic carbocycles. The molecule has 0 saturated heterocycles. The number of ether oxygens (including phenoxy) is 1. The van der Waals surface area contributed by atoms with Crippen LogP contribution in [0.3, 0.4) is 0 Å². The zero-order valence-electron chi connectivity index (χ0n) is 14.6. The van der Waals surface area contributed by atoms with Gasteiger partial charge in [0.1, 0.15) is 5.75 Å². The Bertz CT molecular complexity index is 731. The van der Waals surface area contributed by atoms with Crippen molar-refractivity contribution in [1.82, 2.24) is 19.8 Å². The van der Waals surface area contributed by atoms with Crippen molar-refractivity contribution in [2.24, 2.45) is 0 Å². The number of nitrogens with zero attached hydrogens (tertiary/aromatic N) is 3. The number of aromatic hydroxyl groups is 1. The summed E-state index contributed by atoms with van der Waals surface area (Å²) in [4.78, 5) is 24.1. The van der Waals surface area contributed by atoms with Crippen LogP contribution in [-0.2, 0) is 16.1 Å². The summed E-state index contributed by atoms with van der Waals surface area (Å²) < 4.78 is 5.06. The molecule has 1 amide bonds. The van der Waals surface area contributed by atoms with Gasteiger partial charge in [0, 0.05) is 26.1 Å². The number of amides is 1. The molecule has 1 aromatic carbocycles. The summed E-state index contributed by atoms with van der Waals surface area (Å²) >= 11 is 0. The maximum absolute atomic E-state index is 12.7. The smallest absolute Gasteiger partial charge is 0.237 e. The van der Waals surface area contributed by atoms with Crippen LogP contribution in [0.5, 0.6) is 5.75 Å². The summed E-state index contributed by atoms with van der Waals surface area (Å²) in [5.74, 6) is 0.247. The molecule has 1 aliphatic heterocycles. The topological polar surface area (TPSA) is 81.7 Å². The monoisotopic (exact) mass is 344 g/mol. The van der Waals surface area contributed by atoms with Gasteiger partial charge in [0.05, 0.1) is 37.4 Å². The van der Waals surface area contributed by atoms with E-state index in [4.69, 9.17) is 4.74 Å². The Balaban J connectivity index is 1.77. The Morgan fingerprint density at radius 1 is 1.52 bits per heavy atom. The van der Waals surface area contributed by atoms with Crippen molar-refractivity contribution in [2.45, 2.75) is 12.5 Å². The van der Waals surface area contributed by atoms with Crippen molar-refractivity contribution < 1.29 is 14.6 Å². The minimum atomic E-state index is -0.0460. The van der Waals surface area contributed by atoms with Crippen LogP contribution in [0.15, 0.2) is 30.6 Å². The van der Waals surface area contributed by atoms with Crippen LogP contribution >= 0.6 is 0 Å². The normalized spacial score (nSPS) is 16.9. The molecule has 134 valence electrons. The molecule has 3 rings (SSSR count). The van der Waals surface area contributed by atoms with E-state index in [9.17, 15) is 9.90 Å². The third kappa shape index (κ3) is 4.00. The van der Waals surface area contributed by atoms with Crippen molar-refractivity contribution >= 4 is 5.91 Å². The van der Waals surface area contributed by atoms with E-state index < -0.39 is 0 Å². The molecule has 2 N–H and O–H groups in total. The summed E-state index contributed by atoms with van der Waals surface area (Å²) in [5.41, 5.74) is 2.86. The first kappa shape index (κ1) is 17.4. The van der Waals surface area contributed by atoms with Gasteiger partial charge in [0.2, 0.25) is 5.91 Å².